The lowest BCUT2D eigenvalue weighted by atomic mass is 10.0. The van der Waals surface area contributed by atoms with Gasteiger partial charge in [0.25, 0.3) is 0 Å². The van der Waals surface area contributed by atoms with Crippen LogP contribution in [0.4, 0.5) is 0 Å². The van der Waals surface area contributed by atoms with Crippen LogP contribution in [0.1, 0.15) is 72.2 Å². The minimum atomic E-state index is 0.474. The largest absolute Gasteiger partial charge is 0.357 e. The molecule has 2 aromatic heterocycles. The highest BCUT2D eigenvalue weighted by molar-refractivity contribution is 7.11. The van der Waals surface area contributed by atoms with Gasteiger partial charge in [-0.2, -0.15) is 0 Å². The minimum absolute atomic E-state index is 0.474. The number of guanidine groups is 1. The molecular weight excluding hydrogens is 374 g/mol. The predicted octanol–water partition coefficient (Wildman–Crippen LogP) is 4.29. The molecule has 0 bridgehead atoms. The van der Waals surface area contributed by atoms with Crippen molar-refractivity contribution in [3.05, 3.63) is 31.7 Å². The first-order chi connectivity index (χ1) is 13.2. The number of aromatic nitrogens is 2. The van der Waals surface area contributed by atoms with Crippen LogP contribution < -0.4 is 10.6 Å². The first-order valence-electron chi connectivity index (χ1n) is 10.1. The standard InChI is InChI=1S/C20H31N5S2/c1-4-21-20(23-12-19-25-16(13-26-19)14(2)3)22-11-7-10-18-24-15-8-5-6-9-17(15)27-18/h13-14H,4-12H2,1-3H3,(H2,21,22,23). The fourth-order valence-corrected chi connectivity index (χ4v) is 5.19. The monoisotopic (exact) mass is 405 g/mol. The molecule has 27 heavy (non-hydrogen) atoms. The fourth-order valence-electron chi connectivity index (χ4n) is 3.11. The number of hydrogen-bond acceptors (Lipinski definition) is 5. The number of rotatable bonds is 8. The average molecular weight is 406 g/mol. The third-order valence-corrected chi connectivity index (χ3v) is 6.70. The second-order valence-corrected chi connectivity index (χ2v) is 9.34. The van der Waals surface area contributed by atoms with Crippen LogP contribution in [0.2, 0.25) is 0 Å². The molecule has 0 aromatic carbocycles. The summed E-state index contributed by atoms with van der Waals surface area (Å²) >= 11 is 3.62. The van der Waals surface area contributed by atoms with E-state index in [2.05, 4.69) is 46.8 Å². The normalized spacial score (nSPS) is 14.4. The zero-order chi connectivity index (χ0) is 19.1. The first-order valence-corrected chi connectivity index (χ1v) is 11.8. The van der Waals surface area contributed by atoms with Crippen molar-refractivity contribution in [1.29, 1.82) is 0 Å². The van der Waals surface area contributed by atoms with Crippen LogP contribution in [0.5, 0.6) is 0 Å². The third-order valence-electron chi connectivity index (χ3n) is 4.63. The van der Waals surface area contributed by atoms with Gasteiger partial charge in [0.1, 0.15) is 5.01 Å². The third kappa shape index (κ3) is 6.01. The maximum Gasteiger partial charge on any atom is 0.191 e. The van der Waals surface area contributed by atoms with Crippen molar-refractivity contribution in [3.63, 3.8) is 0 Å². The Labute approximate surface area is 170 Å². The van der Waals surface area contributed by atoms with E-state index in [1.807, 2.05) is 11.3 Å². The Morgan fingerprint density at radius 3 is 2.78 bits per heavy atom. The van der Waals surface area contributed by atoms with Crippen LogP contribution >= 0.6 is 22.7 Å². The maximum atomic E-state index is 4.83. The number of fused-ring (bicyclic) bond motifs is 1. The van der Waals surface area contributed by atoms with Crippen molar-refractivity contribution >= 4 is 28.6 Å². The minimum Gasteiger partial charge on any atom is -0.357 e. The summed E-state index contributed by atoms with van der Waals surface area (Å²) in [5.74, 6) is 1.35. The van der Waals surface area contributed by atoms with Crippen molar-refractivity contribution in [3.8, 4) is 0 Å². The highest BCUT2D eigenvalue weighted by Gasteiger charge is 2.14. The van der Waals surface area contributed by atoms with Gasteiger partial charge in [-0.3, -0.25) is 0 Å². The zero-order valence-electron chi connectivity index (χ0n) is 16.7. The van der Waals surface area contributed by atoms with Gasteiger partial charge in [-0.25, -0.2) is 15.0 Å². The summed E-state index contributed by atoms with van der Waals surface area (Å²) in [6.07, 6.45) is 7.17. The molecule has 0 radical (unpaired) electrons. The number of nitrogens with zero attached hydrogens (tertiary/aromatic N) is 3. The Morgan fingerprint density at radius 2 is 2.04 bits per heavy atom. The SMILES string of the molecule is CCNC(=NCc1nc(C(C)C)cs1)NCCCc1nc2c(s1)CCCC2. The number of nitrogens with one attached hydrogen (secondary N) is 2. The van der Waals surface area contributed by atoms with E-state index in [0.29, 0.717) is 12.5 Å². The molecule has 5 nitrogen and oxygen atoms in total. The smallest absolute Gasteiger partial charge is 0.191 e. The molecule has 1 aliphatic carbocycles. The molecule has 0 unspecified atom stereocenters. The van der Waals surface area contributed by atoms with Crippen LogP contribution in [-0.4, -0.2) is 29.0 Å². The summed E-state index contributed by atoms with van der Waals surface area (Å²) in [6, 6.07) is 0. The Morgan fingerprint density at radius 1 is 1.19 bits per heavy atom. The van der Waals surface area contributed by atoms with Crippen LogP contribution in [0.3, 0.4) is 0 Å². The molecule has 0 aliphatic heterocycles. The van der Waals surface area contributed by atoms with Crippen LogP contribution in [0, 0.1) is 0 Å². The van der Waals surface area contributed by atoms with Crippen LogP contribution in [0.15, 0.2) is 10.4 Å². The van der Waals surface area contributed by atoms with E-state index in [4.69, 9.17) is 4.98 Å². The molecule has 7 heteroatoms. The summed E-state index contributed by atoms with van der Waals surface area (Å²) in [5.41, 5.74) is 2.53. The number of aryl methyl sites for hydroxylation is 3. The Kier molecular flexibility index (Phi) is 7.64. The average Bonchev–Trinajstić information content (AvgIpc) is 3.29. The second kappa shape index (κ2) is 10.2. The molecule has 0 spiro atoms. The molecule has 1 aliphatic rings. The molecule has 0 saturated carbocycles. The predicted molar refractivity (Wildman–Crippen MR) is 116 cm³/mol. The highest BCUT2D eigenvalue weighted by atomic mass is 32.1. The molecule has 0 fully saturated rings. The molecule has 2 heterocycles. The lowest BCUT2D eigenvalue weighted by Crippen LogP contribution is -2.37. The van der Waals surface area contributed by atoms with E-state index in [0.717, 1.165) is 42.6 Å². The van der Waals surface area contributed by atoms with Crippen molar-refractivity contribution in [2.75, 3.05) is 13.1 Å². The molecule has 0 saturated heterocycles. The molecule has 148 valence electrons. The van der Waals surface area contributed by atoms with Crippen LogP contribution in [0.25, 0.3) is 0 Å². The van der Waals surface area contributed by atoms with Gasteiger partial charge in [0.2, 0.25) is 0 Å². The molecule has 3 rings (SSSR count). The fraction of sp³-hybridized carbons (Fsp3) is 0.650. The molecule has 2 N–H and O–H groups in total. The van der Waals surface area contributed by atoms with Gasteiger partial charge in [-0.05, 0) is 44.9 Å². The van der Waals surface area contributed by atoms with Crippen molar-refractivity contribution in [1.82, 2.24) is 20.6 Å². The van der Waals surface area contributed by atoms with Crippen molar-refractivity contribution in [2.45, 2.75) is 71.8 Å². The van der Waals surface area contributed by atoms with Gasteiger partial charge in [0, 0.05) is 29.8 Å². The van der Waals surface area contributed by atoms with Crippen molar-refractivity contribution < 1.29 is 0 Å². The summed E-state index contributed by atoms with van der Waals surface area (Å²) in [4.78, 5) is 15.7. The van der Waals surface area contributed by atoms with Gasteiger partial charge < -0.3 is 10.6 Å². The lowest BCUT2D eigenvalue weighted by Gasteiger charge is -2.10. The molecule has 0 atom stereocenters. The molecule has 2 aromatic rings. The van der Waals surface area contributed by atoms with Gasteiger partial charge in [0.05, 0.1) is 22.9 Å². The van der Waals surface area contributed by atoms with Crippen molar-refractivity contribution in [2.24, 2.45) is 4.99 Å². The quantitative estimate of drug-likeness (QED) is 0.391. The summed E-state index contributed by atoms with van der Waals surface area (Å²) in [7, 11) is 0. The van der Waals surface area contributed by atoms with Gasteiger partial charge >= 0.3 is 0 Å². The Balaban J connectivity index is 1.45. The second-order valence-electron chi connectivity index (χ2n) is 7.23. The Bertz CT molecular complexity index is 724. The van der Waals surface area contributed by atoms with Gasteiger partial charge in [-0.15, -0.1) is 22.7 Å². The first kappa shape index (κ1) is 20.3. The number of hydrogen-bond donors (Lipinski definition) is 2. The maximum absolute atomic E-state index is 4.83. The molecular formula is C20H31N5S2. The number of thiazole rings is 2. The summed E-state index contributed by atoms with van der Waals surface area (Å²) in [6.45, 7) is 8.84. The number of aliphatic imine (C=N–C) groups is 1. The van der Waals surface area contributed by atoms with E-state index in [1.165, 1.54) is 41.3 Å². The van der Waals surface area contributed by atoms with E-state index in [1.54, 1.807) is 11.3 Å². The summed E-state index contributed by atoms with van der Waals surface area (Å²) in [5, 5.41) is 11.3. The molecule has 0 amide bonds. The van der Waals surface area contributed by atoms with E-state index >= 15 is 0 Å². The van der Waals surface area contributed by atoms with E-state index in [9.17, 15) is 0 Å². The van der Waals surface area contributed by atoms with Gasteiger partial charge in [0.15, 0.2) is 5.96 Å². The van der Waals surface area contributed by atoms with E-state index in [-0.39, 0.29) is 0 Å². The lowest BCUT2D eigenvalue weighted by molar-refractivity contribution is 0.678. The highest BCUT2D eigenvalue weighted by Crippen LogP contribution is 2.27. The zero-order valence-corrected chi connectivity index (χ0v) is 18.3. The van der Waals surface area contributed by atoms with E-state index < -0.39 is 0 Å². The van der Waals surface area contributed by atoms with Gasteiger partial charge in [-0.1, -0.05) is 13.8 Å². The van der Waals surface area contributed by atoms with Crippen LogP contribution in [-0.2, 0) is 25.8 Å². The Hall–Kier alpha value is -1.47. The topological polar surface area (TPSA) is 62.2 Å². The summed E-state index contributed by atoms with van der Waals surface area (Å²) < 4.78 is 0.